The minimum Gasteiger partial charge on any atom is -0.493 e. The van der Waals surface area contributed by atoms with Crippen LogP contribution in [-0.2, 0) is 11.3 Å². The number of aryl methyl sites for hydroxylation is 2. The Labute approximate surface area is 168 Å². The van der Waals surface area contributed by atoms with Crippen LogP contribution >= 0.6 is 11.3 Å². The highest BCUT2D eigenvalue weighted by molar-refractivity contribution is 7.13. The summed E-state index contributed by atoms with van der Waals surface area (Å²) in [6.45, 7) is 8.04. The molecule has 0 N–H and O–H groups in total. The monoisotopic (exact) mass is 401 g/mol. The Morgan fingerprint density at radius 1 is 1.18 bits per heavy atom. The molecule has 3 aromatic rings. The van der Waals surface area contributed by atoms with Gasteiger partial charge in [0.15, 0.2) is 11.5 Å². The van der Waals surface area contributed by atoms with Crippen LogP contribution in [0.2, 0.25) is 0 Å². The van der Waals surface area contributed by atoms with Gasteiger partial charge in [0.1, 0.15) is 28.7 Å². The first-order valence-corrected chi connectivity index (χ1v) is 9.81. The lowest BCUT2D eigenvalue weighted by molar-refractivity contribution is 0.0465. The van der Waals surface area contributed by atoms with Crippen molar-refractivity contribution in [2.45, 2.75) is 34.3 Å². The summed E-state index contributed by atoms with van der Waals surface area (Å²) in [5.41, 5.74) is 2.91. The van der Waals surface area contributed by atoms with Crippen molar-refractivity contribution in [3.63, 3.8) is 0 Å². The second-order valence-corrected chi connectivity index (χ2v) is 7.09. The lowest BCUT2D eigenvalue weighted by atomic mass is 10.1. The first kappa shape index (κ1) is 19.9. The van der Waals surface area contributed by atoms with Gasteiger partial charge in [-0.3, -0.25) is 0 Å². The number of hydrogen-bond donors (Lipinski definition) is 0. The van der Waals surface area contributed by atoms with Crippen LogP contribution < -0.4 is 9.47 Å². The second kappa shape index (κ2) is 8.48. The summed E-state index contributed by atoms with van der Waals surface area (Å²) in [4.78, 5) is 17.0. The molecule has 0 spiro atoms. The predicted molar refractivity (Wildman–Crippen MR) is 107 cm³/mol. The first-order chi connectivity index (χ1) is 13.4. The van der Waals surface area contributed by atoms with Crippen LogP contribution in [0.25, 0.3) is 10.6 Å². The SMILES string of the molecule is CCOc1ccc(-c2nc(COC(=O)c3c(C)oc(C)c3C)cs2)cc1OC. The van der Waals surface area contributed by atoms with Crippen LogP contribution in [0.4, 0.5) is 0 Å². The van der Waals surface area contributed by atoms with Gasteiger partial charge in [-0.1, -0.05) is 0 Å². The van der Waals surface area contributed by atoms with Gasteiger partial charge in [0, 0.05) is 16.5 Å². The highest BCUT2D eigenvalue weighted by atomic mass is 32.1. The molecule has 1 aromatic carbocycles. The number of nitrogens with zero attached hydrogens (tertiary/aromatic N) is 1. The molecule has 0 fully saturated rings. The molecule has 0 amide bonds. The maximum Gasteiger partial charge on any atom is 0.342 e. The van der Waals surface area contributed by atoms with Gasteiger partial charge in [0.25, 0.3) is 0 Å². The van der Waals surface area contributed by atoms with E-state index in [0.717, 1.165) is 21.9 Å². The fourth-order valence-corrected chi connectivity index (χ4v) is 3.69. The van der Waals surface area contributed by atoms with Crippen LogP contribution in [0.1, 0.15) is 40.1 Å². The van der Waals surface area contributed by atoms with E-state index in [4.69, 9.17) is 18.6 Å². The van der Waals surface area contributed by atoms with E-state index in [2.05, 4.69) is 4.98 Å². The molecule has 0 atom stereocenters. The van der Waals surface area contributed by atoms with Gasteiger partial charge in [-0.25, -0.2) is 9.78 Å². The summed E-state index contributed by atoms with van der Waals surface area (Å²) in [7, 11) is 1.61. The summed E-state index contributed by atoms with van der Waals surface area (Å²) in [5, 5.41) is 2.70. The van der Waals surface area contributed by atoms with Crippen LogP contribution in [0.5, 0.6) is 11.5 Å². The highest BCUT2D eigenvalue weighted by Crippen LogP contribution is 2.34. The Balaban J connectivity index is 1.71. The lowest BCUT2D eigenvalue weighted by Crippen LogP contribution is -2.07. The minimum absolute atomic E-state index is 0.104. The van der Waals surface area contributed by atoms with Gasteiger partial charge in [-0.2, -0.15) is 0 Å². The number of hydrogen-bond acceptors (Lipinski definition) is 7. The summed E-state index contributed by atoms with van der Waals surface area (Å²) >= 11 is 1.48. The molecule has 0 aliphatic heterocycles. The summed E-state index contributed by atoms with van der Waals surface area (Å²) in [5.74, 6) is 2.25. The first-order valence-electron chi connectivity index (χ1n) is 8.93. The molecular formula is C21H23NO5S. The molecule has 6 nitrogen and oxygen atoms in total. The van der Waals surface area contributed by atoms with Crippen molar-refractivity contribution < 1.29 is 23.4 Å². The molecule has 0 unspecified atom stereocenters. The quantitative estimate of drug-likeness (QED) is 0.514. The van der Waals surface area contributed by atoms with E-state index in [1.807, 2.05) is 44.4 Å². The molecule has 0 saturated heterocycles. The van der Waals surface area contributed by atoms with Crippen molar-refractivity contribution in [2.24, 2.45) is 0 Å². The average Bonchev–Trinajstić information content (AvgIpc) is 3.25. The van der Waals surface area contributed by atoms with Crippen LogP contribution in [-0.4, -0.2) is 24.7 Å². The van der Waals surface area contributed by atoms with Crippen LogP contribution in [0.15, 0.2) is 28.0 Å². The third kappa shape index (κ3) is 4.04. The molecular weight excluding hydrogens is 378 g/mol. The summed E-state index contributed by atoms with van der Waals surface area (Å²) in [6, 6.07) is 5.69. The summed E-state index contributed by atoms with van der Waals surface area (Å²) in [6.07, 6.45) is 0. The number of thiazole rings is 1. The Morgan fingerprint density at radius 3 is 2.61 bits per heavy atom. The van der Waals surface area contributed by atoms with Gasteiger partial charge in [0.05, 0.1) is 19.4 Å². The average molecular weight is 401 g/mol. The normalized spacial score (nSPS) is 10.8. The smallest absolute Gasteiger partial charge is 0.342 e. The Bertz CT molecular complexity index is 989. The van der Waals surface area contributed by atoms with Crippen molar-refractivity contribution in [1.82, 2.24) is 4.98 Å². The van der Waals surface area contributed by atoms with Crippen molar-refractivity contribution >= 4 is 17.3 Å². The Morgan fingerprint density at radius 2 is 1.96 bits per heavy atom. The molecule has 2 heterocycles. The Hall–Kier alpha value is -2.80. The van der Waals surface area contributed by atoms with Gasteiger partial charge >= 0.3 is 5.97 Å². The van der Waals surface area contributed by atoms with E-state index in [9.17, 15) is 4.79 Å². The van der Waals surface area contributed by atoms with Crippen LogP contribution in [0.3, 0.4) is 0 Å². The fourth-order valence-electron chi connectivity index (χ4n) is 2.89. The van der Waals surface area contributed by atoms with Gasteiger partial charge in [-0.15, -0.1) is 11.3 Å². The lowest BCUT2D eigenvalue weighted by Gasteiger charge is -2.09. The molecule has 0 radical (unpaired) electrons. The molecule has 0 aliphatic carbocycles. The topological polar surface area (TPSA) is 70.8 Å². The van der Waals surface area contributed by atoms with E-state index < -0.39 is 5.97 Å². The number of benzene rings is 1. The number of carbonyl (C=O) groups excluding carboxylic acids is 1. The predicted octanol–water partition coefficient (Wildman–Crippen LogP) is 5.09. The highest BCUT2D eigenvalue weighted by Gasteiger charge is 2.20. The third-order valence-corrected chi connectivity index (χ3v) is 5.32. The van der Waals surface area contributed by atoms with E-state index in [1.54, 1.807) is 14.0 Å². The van der Waals surface area contributed by atoms with Crippen molar-refractivity contribution in [2.75, 3.05) is 13.7 Å². The van der Waals surface area contributed by atoms with E-state index in [-0.39, 0.29) is 6.61 Å². The molecule has 148 valence electrons. The molecule has 7 heteroatoms. The number of ether oxygens (including phenoxy) is 3. The van der Waals surface area contributed by atoms with Crippen molar-refractivity contribution in [1.29, 1.82) is 0 Å². The van der Waals surface area contributed by atoms with Gasteiger partial charge in [-0.05, 0) is 45.9 Å². The molecule has 28 heavy (non-hydrogen) atoms. The van der Waals surface area contributed by atoms with E-state index in [0.29, 0.717) is 35.1 Å². The number of aromatic nitrogens is 1. The number of carbonyl (C=O) groups is 1. The van der Waals surface area contributed by atoms with Crippen molar-refractivity contribution in [3.05, 3.63) is 51.9 Å². The maximum absolute atomic E-state index is 12.4. The fraction of sp³-hybridized carbons (Fsp3) is 0.333. The van der Waals surface area contributed by atoms with Crippen molar-refractivity contribution in [3.8, 4) is 22.1 Å². The second-order valence-electron chi connectivity index (χ2n) is 6.23. The molecule has 2 aromatic heterocycles. The standard InChI is InChI=1S/C21H23NO5S/c1-6-25-17-8-7-15(9-18(17)24-5)20-22-16(11-28-20)10-26-21(23)19-12(2)13(3)27-14(19)4/h7-9,11H,6,10H2,1-5H3. The zero-order valence-electron chi connectivity index (χ0n) is 16.6. The Kier molecular flexibility index (Phi) is 6.04. The van der Waals surface area contributed by atoms with Gasteiger partial charge < -0.3 is 18.6 Å². The van der Waals surface area contributed by atoms with E-state index in [1.165, 1.54) is 11.3 Å². The minimum atomic E-state index is -0.399. The third-order valence-electron chi connectivity index (χ3n) is 4.38. The zero-order valence-corrected chi connectivity index (χ0v) is 17.4. The molecule has 3 rings (SSSR count). The largest absolute Gasteiger partial charge is 0.493 e. The molecule has 0 aliphatic rings. The van der Waals surface area contributed by atoms with E-state index >= 15 is 0 Å². The molecule has 0 saturated carbocycles. The van der Waals surface area contributed by atoms with Gasteiger partial charge in [0.2, 0.25) is 0 Å². The van der Waals surface area contributed by atoms with Crippen LogP contribution in [0, 0.1) is 20.8 Å². The maximum atomic E-state index is 12.4. The molecule has 0 bridgehead atoms. The number of methoxy groups -OCH3 is 1. The number of furan rings is 1. The number of rotatable bonds is 7. The number of esters is 1. The summed E-state index contributed by atoms with van der Waals surface area (Å²) < 4.78 is 21.9. The zero-order chi connectivity index (χ0) is 20.3.